The molecule has 1 saturated carbocycles. The summed E-state index contributed by atoms with van der Waals surface area (Å²) in [6.45, 7) is 2.40. The second-order valence-electron chi connectivity index (χ2n) is 7.92. The van der Waals surface area contributed by atoms with Gasteiger partial charge in [0.2, 0.25) is 15.9 Å². The molecule has 0 atom stereocenters. The lowest BCUT2D eigenvalue weighted by atomic mass is 9.89. The van der Waals surface area contributed by atoms with E-state index in [-0.39, 0.29) is 5.91 Å². The third-order valence-corrected chi connectivity index (χ3v) is 5.57. The lowest BCUT2D eigenvalue weighted by Crippen LogP contribution is -2.39. The fourth-order valence-corrected chi connectivity index (χ4v) is 4.01. The molecule has 0 heterocycles. The van der Waals surface area contributed by atoms with E-state index in [1.807, 2.05) is 19.0 Å². The van der Waals surface area contributed by atoms with Crippen molar-refractivity contribution in [2.45, 2.75) is 32.1 Å². The number of carbonyl (C=O) groups is 1. The Kier molecular flexibility index (Phi) is 8.51. The maximum Gasteiger partial charge on any atom is 0.246 e. The summed E-state index contributed by atoms with van der Waals surface area (Å²) in [5.41, 5.74) is 1.37. The van der Waals surface area contributed by atoms with Crippen molar-refractivity contribution < 1.29 is 13.2 Å². The van der Waals surface area contributed by atoms with E-state index in [1.165, 1.54) is 32.1 Å². The first-order chi connectivity index (χ1) is 13.2. The lowest BCUT2D eigenvalue weighted by molar-refractivity contribution is -0.126. The van der Waals surface area contributed by atoms with E-state index in [9.17, 15) is 13.2 Å². The fourth-order valence-electron chi connectivity index (χ4n) is 3.44. The third-order valence-electron chi connectivity index (χ3n) is 4.96. The number of amides is 1. The zero-order chi connectivity index (χ0) is 20.6. The highest BCUT2D eigenvalue weighted by atomic mass is 32.2. The SMILES string of the molecule is CN(C)CCN(CC1CCCCC1)C(=O)C=Cc1ccc(NS(C)(=O)=O)cc1. The van der Waals surface area contributed by atoms with Gasteiger partial charge in [-0.25, -0.2) is 8.42 Å². The number of hydrogen-bond acceptors (Lipinski definition) is 4. The van der Waals surface area contributed by atoms with Crippen LogP contribution in [-0.2, 0) is 14.8 Å². The standard InChI is InChI=1S/C21H33N3O3S/c1-23(2)15-16-24(17-19-7-5-4-6-8-19)21(25)14-11-18-9-12-20(13-10-18)22-28(3,26)27/h9-14,19,22H,4-8,15-17H2,1-3H3. The quantitative estimate of drug-likeness (QED) is 0.639. The summed E-state index contributed by atoms with van der Waals surface area (Å²) >= 11 is 0. The molecule has 1 amide bonds. The van der Waals surface area contributed by atoms with Gasteiger partial charge in [-0.15, -0.1) is 0 Å². The van der Waals surface area contributed by atoms with E-state index in [0.717, 1.165) is 31.5 Å². The van der Waals surface area contributed by atoms with Crippen molar-refractivity contribution in [2.24, 2.45) is 5.92 Å². The zero-order valence-electron chi connectivity index (χ0n) is 17.2. The van der Waals surface area contributed by atoms with Crippen LogP contribution in [0.4, 0.5) is 5.69 Å². The van der Waals surface area contributed by atoms with Crippen molar-refractivity contribution in [2.75, 3.05) is 44.7 Å². The molecule has 0 spiro atoms. The summed E-state index contributed by atoms with van der Waals surface area (Å²) in [5.74, 6) is 0.639. The smallest absolute Gasteiger partial charge is 0.246 e. The summed E-state index contributed by atoms with van der Waals surface area (Å²) in [6.07, 6.45) is 10.8. The van der Waals surface area contributed by atoms with Crippen molar-refractivity contribution in [3.05, 3.63) is 35.9 Å². The molecule has 1 aromatic carbocycles. The van der Waals surface area contributed by atoms with E-state index < -0.39 is 10.0 Å². The minimum Gasteiger partial charge on any atom is -0.338 e. The average molecular weight is 408 g/mol. The number of anilines is 1. The van der Waals surface area contributed by atoms with Gasteiger partial charge in [-0.2, -0.15) is 0 Å². The van der Waals surface area contributed by atoms with Crippen LogP contribution in [0.5, 0.6) is 0 Å². The van der Waals surface area contributed by atoms with Crippen LogP contribution >= 0.6 is 0 Å². The Balaban J connectivity index is 1.99. The second-order valence-corrected chi connectivity index (χ2v) is 9.67. The Morgan fingerprint density at radius 3 is 2.32 bits per heavy atom. The molecule has 1 fully saturated rings. The summed E-state index contributed by atoms with van der Waals surface area (Å²) in [5, 5.41) is 0. The molecule has 0 aromatic heterocycles. The van der Waals surface area contributed by atoms with Crippen molar-refractivity contribution in [3.8, 4) is 0 Å². The van der Waals surface area contributed by atoms with Crippen LogP contribution in [0.1, 0.15) is 37.7 Å². The van der Waals surface area contributed by atoms with E-state index in [4.69, 9.17) is 0 Å². The van der Waals surface area contributed by atoms with Gasteiger partial charge in [0.25, 0.3) is 0 Å². The summed E-state index contributed by atoms with van der Waals surface area (Å²) < 4.78 is 25.0. The molecule has 156 valence electrons. The van der Waals surface area contributed by atoms with E-state index in [2.05, 4.69) is 9.62 Å². The van der Waals surface area contributed by atoms with Crippen LogP contribution in [0.3, 0.4) is 0 Å². The maximum atomic E-state index is 12.8. The Labute approximate surface area is 169 Å². The Bertz CT molecular complexity index is 752. The van der Waals surface area contributed by atoms with Gasteiger partial charge in [-0.3, -0.25) is 9.52 Å². The van der Waals surface area contributed by atoms with E-state index in [1.54, 1.807) is 36.4 Å². The number of nitrogens with zero attached hydrogens (tertiary/aromatic N) is 2. The number of sulfonamides is 1. The number of benzene rings is 1. The van der Waals surface area contributed by atoms with Gasteiger partial charge in [0.05, 0.1) is 6.26 Å². The molecule has 1 N–H and O–H groups in total. The van der Waals surface area contributed by atoms with Crippen molar-refractivity contribution in [1.82, 2.24) is 9.80 Å². The van der Waals surface area contributed by atoms with Crippen LogP contribution in [0, 0.1) is 5.92 Å². The van der Waals surface area contributed by atoms with Gasteiger partial charge < -0.3 is 9.80 Å². The highest BCUT2D eigenvalue weighted by molar-refractivity contribution is 7.92. The van der Waals surface area contributed by atoms with Gasteiger partial charge in [-0.05, 0) is 56.6 Å². The molecule has 0 radical (unpaired) electrons. The Morgan fingerprint density at radius 2 is 1.75 bits per heavy atom. The predicted octanol–water partition coefficient (Wildman–Crippen LogP) is 3.04. The van der Waals surface area contributed by atoms with Crippen LogP contribution in [0.2, 0.25) is 0 Å². The highest BCUT2D eigenvalue weighted by Crippen LogP contribution is 2.24. The molecule has 28 heavy (non-hydrogen) atoms. The molecule has 0 unspecified atom stereocenters. The van der Waals surface area contributed by atoms with Crippen LogP contribution in [0.25, 0.3) is 6.08 Å². The van der Waals surface area contributed by atoms with Gasteiger partial charge in [0.15, 0.2) is 0 Å². The zero-order valence-corrected chi connectivity index (χ0v) is 18.0. The number of rotatable bonds is 9. The van der Waals surface area contributed by atoms with E-state index >= 15 is 0 Å². The minimum atomic E-state index is -3.29. The lowest BCUT2D eigenvalue weighted by Gasteiger charge is -2.30. The molecule has 1 aromatic rings. The van der Waals surface area contributed by atoms with Crippen molar-refractivity contribution >= 4 is 27.7 Å². The number of likely N-dealkylation sites (N-methyl/N-ethyl adjacent to an activating group) is 1. The monoisotopic (exact) mass is 407 g/mol. The van der Waals surface area contributed by atoms with E-state index in [0.29, 0.717) is 11.6 Å². The first kappa shape index (κ1) is 22.4. The first-order valence-corrected chi connectivity index (χ1v) is 11.8. The summed E-state index contributed by atoms with van der Waals surface area (Å²) in [7, 11) is 0.751. The fraction of sp³-hybridized carbons (Fsp3) is 0.571. The predicted molar refractivity (Wildman–Crippen MR) is 116 cm³/mol. The van der Waals surface area contributed by atoms with Crippen LogP contribution in [-0.4, -0.2) is 64.1 Å². The van der Waals surface area contributed by atoms with Crippen LogP contribution < -0.4 is 4.72 Å². The van der Waals surface area contributed by atoms with Crippen LogP contribution in [0.15, 0.2) is 30.3 Å². The van der Waals surface area contributed by atoms with Crippen molar-refractivity contribution in [1.29, 1.82) is 0 Å². The molecule has 0 saturated heterocycles. The number of carbonyl (C=O) groups excluding carboxylic acids is 1. The largest absolute Gasteiger partial charge is 0.338 e. The number of hydrogen-bond donors (Lipinski definition) is 1. The molecule has 0 bridgehead atoms. The highest BCUT2D eigenvalue weighted by Gasteiger charge is 2.19. The van der Waals surface area contributed by atoms with Gasteiger partial charge in [-0.1, -0.05) is 31.4 Å². The molecular weight excluding hydrogens is 374 g/mol. The first-order valence-electron chi connectivity index (χ1n) is 9.92. The minimum absolute atomic E-state index is 0.0331. The molecule has 2 rings (SSSR count). The Morgan fingerprint density at radius 1 is 1.11 bits per heavy atom. The van der Waals surface area contributed by atoms with Crippen molar-refractivity contribution in [3.63, 3.8) is 0 Å². The normalized spacial score (nSPS) is 15.9. The Hall–Kier alpha value is -1.86. The maximum absolute atomic E-state index is 12.8. The molecule has 1 aliphatic carbocycles. The molecular formula is C21H33N3O3S. The molecule has 6 nitrogen and oxygen atoms in total. The second kappa shape index (κ2) is 10.6. The summed E-state index contributed by atoms with van der Waals surface area (Å²) in [6, 6.07) is 6.97. The third kappa shape index (κ3) is 8.44. The topological polar surface area (TPSA) is 69.7 Å². The van der Waals surface area contributed by atoms with Gasteiger partial charge in [0, 0.05) is 31.4 Å². The average Bonchev–Trinajstić information content (AvgIpc) is 2.63. The molecule has 0 aliphatic heterocycles. The van der Waals surface area contributed by atoms with Gasteiger partial charge >= 0.3 is 0 Å². The molecule has 7 heteroatoms. The van der Waals surface area contributed by atoms with Gasteiger partial charge in [0.1, 0.15) is 0 Å². The summed E-state index contributed by atoms with van der Waals surface area (Å²) in [4.78, 5) is 16.8. The number of nitrogens with one attached hydrogen (secondary N) is 1. The molecule has 1 aliphatic rings.